The molecule has 2 aromatic rings. The molecule has 0 atom stereocenters. The smallest absolute Gasteiger partial charge is 0.261 e. The zero-order valence-corrected chi connectivity index (χ0v) is 13.9. The third kappa shape index (κ3) is 2.59. The molecule has 6 heteroatoms. The summed E-state index contributed by atoms with van der Waals surface area (Å²) in [7, 11) is 0. The van der Waals surface area contributed by atoms with Crippen molar-refractivity contribution in [3.8, 4) is 0 Å². The molecule has 0 bridgehead atoms. The van der Waals surface area contributed by atoms with Crippen molar-refractivity contribution >= 4 is 34.2 Å². The maximum absolute atomic E-state index is 12.8. The molecular formula is C18H17ClN2O3. The molecule has 1 saturated heterocycles. The first kappa shape index (κ1) is 15.6. The number of rotatable bonds is 3. The fourth-order valence-electron chi connectivity index (χ4n) is 3.39. The summed E-state index contributed by atoms with van der Waals surface area (Å²) in [5.74, 6) is -0.492. The van der Waals surface area contributed by atoms with Crippen molar-refractivity contribution in [2.75, 3.05) is 39.4 Å². The second-order valence-electron chi connectivity index (χ2n) is 6.07. The van der Waals surface area contributed by atoms with Gasteiger partial charge in [-0.05, 0) is 23.6 Å². The van der Waals surface area contributed by atoms with Gasteiger partial charge < -0.3 is 4.74 Å². The van der Waals surface area contributed by atoms with Gasteiger partial charge in [0.05, 0.1) is 18.8 Å². The summed E-state index contributed by atoms with van der Waals surface area (Å²) in [6.45, 7) is 4.08. The van der Waals surface area contributed by atoms with Gasteiger partial charge in [0.2, 0.25) is 0 Å². The van der Waals surface area contributed by atoms with Crippen LogP contribution in [-0.4, -0.2) is 61.0 Å². The van der Waals surface area contributed by atoms with E-state index in [1.165, 1.54) is 4.90 Å². The van der Waals surface area contributed by atoms with Crippen LogP contribution in [0.25, 0.3) is 10.8 Å². The van der Waals surface area contributed by atoms with Crippen LogP contribution >= 0.6 is 11.6 Å². The van der Waals surface area contributed by atoms with Crippen LogP contribution in [0.2, 0.25) is 5.02 Å². The largest absolute Gasteiger partial charge is 0.379 e. The van der Waals surface area contributed by atoms with Crippen molar-refractivity contribution in [2.45, 2.75) is 0 Å². The van der Waals surface area contributed by atoms with Gasteiger partial charge in [-0.2, -0.15) is 0 Å². The first-order valence-corrected chi connectivity index (χ1v) is 8.41. The zero-order chi connectivity index (χ0) is 16.7. The van der Waals surface area contributed by atoms with E-state index in [0.717, 1.165) is 18.5 Å². The Kier molecular flexibility index (Phi) is 4.00. The SMILES string of the molecule is O=C1c2cccc3cc(Cl)cc(c23)C(=O)N1CCN1CCOCC1. The molecule has 124 valence electrons. The number of carbonyl (C=O) groups is 2. The Balaban J connectivity index is 1.66. The Morgan fingerprint density at radius 1 is 1.00 bits per heavy atom. The van der Waals surface area contributed by atoms with Crippen molar-refractivity contribution in [1.29, 1.82) is 0 Å². The van der Waals surface area contributed by atoms with Crippen molar-refractivity contribution in [2.24, 2.45) is 0 Å². The molecule has 2 aromatic carbocycles. The summed E-state index contributed by atoms with van der Waals surface area (Å²) in [5.41, 5.74) is 1.08. The van der Waals surface area contributed by atoms with E-state index in [1.54, 1.807) is 18.2 Å². The van der Waals surface area contributed by atoms with Gasteiger partial charge in [0.25, 0.3) is 11.8 Å². The lowest BCUT2D eigenvalue weighted by atomic mass is 9.94. The molecule has 24 heavy (non-hydrogen) atoms. The first-order chi connectivity index (χ1) is 11.6. The normalized spacial score (nSPS) is 18.5. The van der Waals surface area contributed by atoms with Gasteiger partial charge in [0.15, 0.2) is 0 Å². The molecule has 0 aromatic heterocycles. The monoisotopic (exact) mass is 344 g/mol. The zero-order valence-electron chi connectivity index (χ0n) is 13.1. The van der Waals surface area contributed by atoms with Crippen molar-refractivity contribution < 1.29 is 14.3 Å². The predicted molar refractivity (Wildman–Crippen MR) is 91.6 cm³/mol. The number of ether oxygens (including phenoxy) is 1. The minimum Gasteiger partial charge on any atom is -0.379 e. The van der Waals surface area contributed by atoms with E-state index >= 15 is 0 Å². The summed E-state index contributed by atoms with van der Waals surface area (Å²) >= 11 is 6.15. The van der Waals surface area contributed by atoms with E-state index in [4.69, 9.17) is 16.3 Å². The van der Waals surface area contributed by atoms with Gasteiger partial charge >= 0.3 is 0 Å². The van der Waals surface area contributed by atoms with Gasteiger partial charge in [-0.1, -0.05) is 23.7 Å². The Hall–Kier alpha value is -1.95. The third-order valence-electron chi connectivity index (χ3n) is 4.64. The molecule has 1 fully saturated rings. The molecule has 0 aliphatic carbocycles. The molecule has 4 rings (SSSR count). The lowest BCUT2D eigenvalue weighted by Gasteiger charge is -2.31. The summed E-state index contributed by atoms with van der Waals surface area (Å²) < 4.78 is 5.33. The van der Waals surface area contributed by atoms with Gasteiger partial charge in [0.1, 0.15) is 0 Å². The second-order valence-corrected chi connectivity index (χ2v) is 6.51. The van der Waals surface area contributed by atoms with E-state index in [0.29, 0.717) is 47.8 Å². The highest BCUT2D eigenvalue weighted by molar-refractivity contribution is 6.33. The summed E-state index contributed by atoms with van der Waals surface area (Å²) in [6, 6.07) is 8.91. The van der Waals surface area contributed by atoms with E-state index in [1.807, 2.05) is 12.1 Å². The number of carbonyl (C=O) groups excluding carboxylic acids is 2. The molecular weight excluding hydrogens is 328 g/mol. The molecule has 5 nitrogen and oxygen atoms in total. The number of hydrogen-bond donors (Lipinski definition) is 0. The molecule has 0 radical (unpaired) electrons. The molecule has 0 spiro atoms. The van der Waals surface area contributed by atoms with Crippen LogP contribution in [0.3, 0.4) is 0 Å². The Labute approximate surface area is 144 Å². The van der Waals surface area contributed by atoms with Crippen molar-refractivity contribution in [1.82, 2.24) is 9.80 Å². The Morgan fingerprint density at radius 2 is 1.75 bits per heavy atom. The third-order valence-corrected chi connectivity index (χ3v) is 4.85. The van der Waals surface area contributed by atoms with Crippen molar-refractivity contribution in [3.05, 3.63) is 46.5 Å². The minimum absolute atomic E-state index is 0.228. The predicted octanol–water partition coefficient (Wildman–Crippen LogP) is 2.42. The van der Waals surface area contributed by atoms with Crippen LogP contribution in [0.1, 0.15) is 20.7 Å². The molecule has 0 unspecified atom stereocenters. The first-order valence-electron chi connectivity index (χ1n) is 8.04. The highest BCUT2D eigenvalue weighted by Crippen LogP contribution is 2.32. The fourth-order valence-corrected chi connectivity index (χ4v) is 3.62. The molecule has 2 aliphatic rings. The van der Waals surface area contributed by atoms with Crippen LogP contribution in [0.15, 0.2) is 30.3 Å². The molecule has 2 heterocycles. The van der Waals surface area contributed by atoms with Crippen LogP contribution in [0.5, 0.6) is 0 Å². The van der Waals surface area contributed by atoms with Crippen LogP contribution in [0.4, 0.5) is 0 Å². The Bertz CT molecular complexity index is 830. The molecule has 2 amide bonds. The van der Waals surface area contributed by atoms with E-state index < -0.39 is 0 Å². The summed E-state index contributed by atoms with van der Waals surface area (Å²) in [6.07, 6.45) is 0. The van der Waals surface area contributed by atoms with Crippen LogP contribution in [0, 0.1) is 0 Å². The van der Waals surface area contributed by atoms with Gasteiger partial charge in [-0.15, -0.1) is 0 Å². The topological polar surface area (TPSA) is 49.9 Å². The highest BCUT2D eigenvalue weighted by Gasteiger charge is 2.33. The number of nitrogens with zero attached hydrogens (tertiary/aromatic N) is 2. The number of halogens is 1. The lowest BCUT2D eigenvalue weighted by molar-refractivity contribution is 0.0316. The fraction of sp³-hybridized carbons (Fsp3) is 0.333. The van der Waals surface area contributed by atoms with Gasteiger partial charge in [0, 0.05) is 42.2 Å². The summed E-state index contributed by atoms with van der Waals surface area (Å²) in [4.78, 5) is 29.2. The Morgan fingerprint density at radius 3 is 2.54 bits per heavy atom. The van der Waals surface area contributed by atoms with Gasteiger partial charge in [-0.3, -0.25) is 19.4 Å². The maximum atomic E-state index is 12.8. The molecule has 0 N–H and O–H groups in total. The number of morpholine rings is 1. The lowest BCUT2D eigenvalue weighted by Crippen LogP contribution is -2.46. The molecule has 0 saturated carbocycles. The molecule has 2 aliphatic heterocycles. The quantitative estimate of drug-likeness (QED) is 0.802. The minimum atomic E-state index is -0.264. The number of imide groups is 1. The number of benzene rings is 2. The second kappa shape index (κ2) is 6.16. The average Bonchev–Trinajstić information content (AvgIpc) is 2.60. The van der Waals surface area contributed by atoms with E-state index in [2.05, 4.69) is 4.90 Å². The van der Waals surface area contributed by atoms with Crippen molar-refractivity contribution in [3.63, 3.8) is 0 Å². The van der Waals surface area contributed by atoms with Crippen LogP contribution < -0.4 is 0 Å². The van der Waals surface area contributed by atoms with Gasteiger partial charge in [-0.25, -0.2) is 0 Å². The van der Waals surface area contributed by atoms with E-state index in [-0.39, 0.29) is 11.8 Å². The number of amides is 2. The number of hydrogen-bond acceptors (Lipinski definition) is 4. The highest BCUT2D eigenvalue weighted by atomic mass is 35.5. The summed E-state index contributed by atoms with van der Waals surface area (Å²) in [5, 5.41) is 2.04. The van der Waals surface area contributed by atoms with Crippen LogP contribution in [-0.2, 0) is 4.74 Å². The standard InChI is InChI=1S/C18H17ClN2O3/c19-13-10-12-2-1-3-14-16(12)15(11-13)18(23)21(17(14)22)5-4-20-6-8-24-9-7-20/h1-3,10-11H,4-9H2. The average molecular weight is 345 g/mol. The maximum Gasteiger partial charge on any atom is 0.261 e. The van der Waals surface area contributed by atoms with E-state index in [9.17, 15) is 9.59 Å².